The highest BCUT2D eigenvalue weighted by Gasteiger charge is 2.22. The fraction of sp³-hybridized carbons (Fsp3) is 0.571. The van der Waals surface area contributed by atoms with Gasteiger partial charge in [0.15, 0.2) is 0 Å². The molecule has 1 aliphatic heterocycles. The SMILES string of the molecule is CN(Cc1ccc(Br)cc1N)CC1CCCN1C. The van der Waals surface area contributed by atoms with Crippen LogP contribution in [0.3, 0.4) is 0 Å². The zero-order chi connectivity index (χ0) is 13.1. The molecule has 0 saturated carbocycles. The van der Waals surface area contributed by atoms with Crippen LogP contribution in [0, 0.1) is 0 Å². The van der Waals surface area contributed by atoms with E-state index < -0.39 is 0 Å². The highest BCUT2D eigenvalue weighted by Crippen LogP contribution is 2.21. The molecule has 0 aliphatic carbocycles. The van der Waals surface area contributed by atoms with Crippen molar-refractivity contribution in [2.45, 2.75) is 25.4 Å². The van der Waals surface area contributed by atoms with Crippen LogP contribution < -0.4 is 5.73 Å². The van der Waals surface area contributed by atoms with Gasteiger partial charge in [0.05, 0.1) is 0 Å². The van der Waals surface area contributed by atoms with Crippen molar-refractivity contribution in [2.24, 2.45) is 0 Å². The molecule has 0 amide bonds. The molecule has 2 N–H and O–H groups in total. The van der Waals surface area contributed by atoms with E-state index in [0.717, 1.165) is 23.2 Å². The summed E-state index contributed by atoms with van der Waals surface area (Å²) in [6.07, 6.45) is 2.64. The van der Waals surface area contributed by atoms with Gasteiger partial charge in [-0.15, -0.1) is 0 Å². The number of hydrogen-bond acceptors (Lipinski definition) is 3. The van der Waals surface area contributed by atoms with Crippen LogP contribution in [0.25, 0.3) is 0 Å². The Kier molecular flexibility index (Phi) is 4.65. The first-order valence-electron chi connectivity index (χ1n) is 6.49. The Morgan fingerprint density at radius 3 is 2.89 bits per heavy atom. The lowest BCUT2D eigenvalue weighted by atomic mass is 10.1. The van der Waals surface area contributed by atoms with Crippen LogP contribution in [0.15, 0.2) is 22.7 Å². The van der Waals surface area contributed by atoms with E-state index in [0.29, 0.717) is 6.04 Å². The maximum atomic E-state index is 6.04. The first kappa shape index (κ1) is 13.8. The largest absolute Gasteiger partial charge is 0.398 e. The molecule has 2 rings (SSSR count). The molecule has 1 saturated heterocycles. The summed E-state index contributed by atoms with van der Waals surface area (Å²) < 4.78 is 1.04. The summed E-state index contributed by atoms with van der Waals surface area (Å²) in [6, 6.07) is 6.84. The Labute approximate surface area is 118 Å². The Bertz CT molecular complexity index is 408. The van der Waals surface area contributed by atoms with Gasteiger partial charge in [0.1, 0.15) is 0 Å². The van der Waals surface area contributed by atoms with Gasteiger partial charge in [0.2, 0.25) is 0 Å². The maximum Gasteiger partial charge on any atom is 0.0371 e. The molecule has 4 heteroatoms. The predicted octanol–water partition coefficient (Wildman–Crippen LogP) is 2.56. The predicted molar refractivity (Wildman–Crippen MR) is 80.5 cm³/mol. The monoisotopic (exact) mass is 311 g/mol. The minimum Gasteiger partial charge on any atom is -0.398 e. The molecule has 0 radical (unpaired) electrons. The molecule has 1 aliphatic rings. The van der Waals surface area contributed by atoms with Crippen LogP contribution in [0.2, 0.25) is 0 Å². The van der Waals surface area contributed by atoms with Crippen LogP contribution in [-0.2, 0) is 6.54 Å². The number of rotatable bonds is 4. The Balaban J connectivity index is 1.92. The van der Waals surface area contributed by atoms with Gasteiger partial charge in [-0.25, -0.2) is 0 Å². The van der Waals surface area contributed by atoms with E-state index in [-0.39, 0.29) is 0 Å². The molecule has 3 nitrogen and oxygen atoms in total. The summed E-state index contributed by atoms with van der Waals surface area (Å²) in [4.78, 5) is 4.83. The molecule has 0 spiro atoms. The van der Waals surface area contributed by atoms with Crippen LogP contribution in [0.1, 0.15) is 18.4 Å². The van der Waals surface area contributed by atoms with Gasteiger partial charge in [0.25, 0.3) is 0 Å². The first-order valence-corrected chi connectivity index (χ1v) is 7.28. The number of nitrogen functional groups attached to an aromatic ring is 1. The van der Waals surface area contributed by atoms with Crippen molar-refractivity contribution in [2.75, 3.05) is 32.9 Å². The second-order valence-electron chi connectivity index (χ2n) is 5.32. The summed E-state index contributed by atoms with van der Waals surface area (Å²) in [5, 5.41) is 0. The topological polar surface area (TPSA) is 32.5 Å². The van der Waals surface area contributed by atoms with Gasteiger partial charge in [-0.05, 0) is 51.2 Å². The number of nitrogens with two attached hydrogens (primary N) is 1. The van der Waals surface area contributed by atoms with Gasteiger partial charge in [-0.3, -0.25) is 0 Å². The molecule has 18 heavy (non-hydrogen) atoms. The molecule has 1 atom stereocenters. The number of hydrogen-bond donors (Lipinski definition) is 1. The van der Waals surface area contributed by atoms with Crippen LogP contribution >= 0.6 is 15.9 Å². The molecule has 1 unspecified atom stereocenters. The second-order valence-corrected chi connectivity index (χ2v) is 6.23. The van der Waals surface area contributed by atoms with Crippen LogP contribution in [-0.4, -0.2) is 43.0 Å². The van der Waals surface area contributed by atoms with Gasteiger partial charge in [0, 0.05) is 29.3 Å². The molecule has 1 fully saturated rings. The van der Waals surface area contributed by atoms with E-state index >= 15 is 0 Å². The summed E-state index contributed by atoms with van der Waals surface area (Å²) in [7, 11) is 4.40. The van der Waals surface area contributed by atoms with E-state index in [2.05, 4.69) is 52.0 Å². The number of halogens is 1. The lowest BCUT2D eigenvalue weighted by molar-refractivity contribution is 0.216. The maximum absolute atomic E-state index is 6.04. The quantitative estimate of drug-likeness (QED) is 0.867. The lowest BCUT2D eigenvalue weighted by Crippen LogP contribution is -2.36. The fourth-order valence-electron chi connectivity index (χ4n) is 2.63. The average Bonchev–Trinajstić information content (AvgIpc) is 2.69. The second kappa shape index (κ2) is 6.04. The molecule has 0 bridgehead atoms. The van der Waals surface area contributed by atoms with Crippen LogP contribution in [0.5, 0.6) is 0 Å². The van der Waals surface area contributed by atoms with Crippen molar-refractivity contribution >= 4 is 21.6 Å². The van der Waals surface area contributed by atoms with E-state index in [1.807, 2.05) is 6.07 Å². The summed E-state index contributed by atoms with van der Waals surface area (Å²) in [5.74, 6) is 0. The molecule has 1 heterocycles. The van der Waals surface area contributed by atoms with Crippen molar-refractivity contribution in [3.8, 4) is 0 Å². The normalized spacial score (nSPS) is 20.8. The van der Waals surface area contributed by atoms with Crippen molar-refractivity contribution in [3.63, 3.8) is 0 Å². The number of benzene rings is 1. The standard InChI is InChI=1S/C14H22BrN3/c1-17(10-13-4-3-7-18(13)2)9-11-5-6-12(15)8-14(11)16/h5-6,8,13H,3-4,7,9-10,16H2,1-2H3. The minimum atomic E-state index is 0.701. The molecule has 0 aromatic heterocycles. The van der Waals surface area contributed by atoms with Gasteiger partial charge < -0.3 is 15.5 Å². The van der Waals surface area contributed by atoms with E-state index in [9.17, 15) is 0 Å². The zero-order valence-electron chi connectivity index (χ0n) is 11.2. The third kappa shape index (κ3) is 3.46. The molecule has 1 aromatic rings. The lowest BCUT2D eigenvalue weighted by Gasteiger charge is -2.26. The van der Waals surface area contributed by atoms with E-state index in [1.54, 1.807) is 0 Å². The minimum absolute atomic E-state index is 0.701. The number of likely N-dealkylation sites (tertiary alicyclic amines) is 1. The smallest absolute Gasteiger partial charge is 0.0371 e. The first-order chi connectivity index (χ1) is 8.56. The Hall–Kier alpha value is -0.580. The van der Waals surface area contributed by atoms with Gasteiger partial charge >= 0.3 is 0 Å². The Morgan fingerprint density at radius 2 is 2.28 bits per heavy atom. The van der Waals surface area contributed by atoms with Gasteiger partial charge in [-0.1, -0.05) is 22.0 Å². The fourth-order valence-corrected chi connectivity index (χ4v) is 3.01. The summed E-state index contributed by atoms with van der Waals surface area (Å²) in [5.41, 5.74) is 8.12. The van der Waals surface area contributed by atoms with Crippen molar-refractivity contribution < 1.29 is 0 Å². The zero-order valence-corrected chi connectivity index (χ0v) is 12.8. The van der Waals surface area contributed by atoms with Crippen LogP contribution in [0.4, 0.5) is 5.69 Å². The van der Waals surface area contributed by atoms with Gasteiger partial charge in [-0.2, -0.15) is 0 Å². The molecular formula is C14H22BrN3. The van der Waals surface area contributed by atoms with E-state index in [1.165, 1.54) is 24.9 Å². The molecule has 1 aromatic carbocycles. The number of anilines is 1. The van der Waals surface area contributed by atoms with Crippen molar-refractivity contribution in [3.05, 3.63) is 28.2 Å². The highest BCUT2D eigenvalue weighted by molar-refractivity contribution is 9.10. The summed E-state index contributed by atoms with van der Waals surface area (Å²) >= 11 is 3.44. The molecule has 100 valence electrons. The third-order valence-electron chi connectivity index (χ3n) is 3.74. The van der Waals surface area contributed by atoms with E-state index in [4.69, 9.17) is 5.73 Å². The molecular weight excluding hydrogens is 290 g/mol. The number of nitrogens with zero attached hydrogens (tertiary/aromatic N) is 2. The van der Waals surface area contributed by atoms with Crippen molar-refractivity contribution in [1.82, 2.24) is 9.80 Å². The summed E-state index contributed by atoms with van der Waals surface area (Å²) in [6.45, 7) is 3.27. The number of likely N-dealkylation sites (N-methyl/N-ethyl adjacent to an activating group) is 2. The third-order valence-corrected chi connectivity index (χ3v) is 4.24. The Morgan fingerprint density at radius 1 is 1.50 bits per heavy atom. The van der Waals surface area contributed by atoms with Crippen molar-refractivity contribution in [1.29, 1.82) is 0 Å². The average molecular weight is 312 g/mol. The highest BCUT2D eigenvalue weighted by atomic mass is 79.9.